The Morgan fingerprint density at radius 2 is 2.25 bits per heavy atom. The average Bonchev–Trinajstić information content (AvgIpc) is 2.97. The third kappa shape index (κ3) is 3.43. The molecule has 0 amide bonds. The Morgan fingerprint density at radius 3 is 2.88 bits per heavy atom. The van der Waals surface area contributed by atoms with Gasteiger partial charge in [-0.25, -0.2) is 14.2 Å². The number of rotatable bonds is 4. The molecule has 1 aromatic heterocycles. The Morgan fingerprint density at radius 1 is 1.50 bits per heavy atom. The monoisotopic (exact) mass is 479 g/mol. The van der Waals surface area contributed by atoms with Crippen molar-refractivity contribution in [3.8, 4) is 5.75 Å². The highest BCUT2D eigenvalue weighted by Gasteiger charge is 2.39. The van der Waals surface area contributed by atoms with E-state index in [9.17, 15) is 19.0 Å². The molecule has 2 N–H and O–H groups in total. The van der Waals surface area contributed by atoms with E-state index < -0.39 is 29.6 Å². The second-order valence-corrected chi connectivity index (χ2v) is 8.18. The van der Waals surface area contributed by atoms with Crippen LogP contribution in [0.15, 0.2) is 21.9 Å². The van der Waals surface area contributed by atoms with Gasteiger partial charge in [-0.3, -0.25) is 4.79 Å². The molecule has 2 aromatic rings. The molecule has 6 nitrogen and oxygen atoms in total. The van der Waals surface area contributed by atoms with E-state index in [1.807, 2.05) is 0 Å². The van der Waals surface area contributed by atoms with Crippen LogP contribution in [0.25, 0.3) is 0 Å². The Kier molecular flexibility index (Phi) is 5.13. The fourth-order valence-corrected chi connectivity index (χ4v) is 4.83. The summed E-state index contributed by atoms with van der Waals surface area (Å²) in [7, 11) is -1.31. The fraction of sp³-hybridized carbons (Fsp3) is 0.154. The normalized spacial score (nSPS) is 16.5. The summed E-state index contributed by atoms with van der Waals surface area (Å²) in [4.78, 5) is 26.6. The average molecular weight is 479 g/mol. The lowest BCUT2D eigenvalue weighted by Gasteiger charge is -2.27. The smallest absolute Gasteiger partial charge is 0.535 e. The second-order valence-electron chi connectivity index (χ2n) is 4.86. The number of halogens is 2. The van der Waals surface area contributed by atoms with Crippen molar-refractivity contribution in [1.82, 2.24) is 4.98 Å². The molecule has 0 unspecified atom stereocenters. The molecule has 0 fully saturated rings. The number of carbonyl (C=O) groups is 2. The van der Waals surface area contributed by atoms with Gasteiger partial charge in [-0.1, -0.05) is 17.8 Å². The zero-order valence-corrected chi connectivity index (χ0v) is 15.5. The van der Waals surface area contributed by atoms with E-state index in [0.29, 0.717) is 15.6 Å². The molecule has 0 radical (unpaired) electrons. The number of nitrogens with zero attached hydrogens (tertiary/aromatic N) is 1. The maximum absolute atomic E-state index is 13.7. The maximum atomic E-state index is 13.7. The van der Waals surface area contributed by atoms with Gasteiger partial charge in [0.25, 0.3) is 0 Å². The van der Waals surface area contributed by atoms with E-state index in [1.165, 1.54) is 29.2 Å². The second kappa shape index (κ2) is 6.98. The molecule has 0 saturated heterocycles. The minimum absolute atomic E-state index is 0.144. The molecule has 11 heteroatoms. The first-order valence-corrected chi connectivity index (χ1v) is 9.42. The first-order chi connectivity index (χ1) is 11.4. The highest BCUT2D eigenvalue weighted by Crippen LogP contribution is 2.38. The van der Waals surface area contributed by atoms with Crippen molar-refractivity contribution in [1.29, 1.82) is 0 Å². The Balaban J connectivity index is 1.85. The minimum Gasteiger partial charge on any atom is -0.535 e. The maximum Gasteiger partial charge on any atom is 0.537 e. The molecule has 1 aromatic carbocycles. The van der Waals surface area contributed by atoms with E-state index in [-0.39, 0.29) is 16.0 Å². The van der Waals surface area contributed by atoms with Crippen LogP contribution in [0.4, 0.5) is 4.39 Å². The van der Waals surface area contributed by atoms with Crippen LogP contribution in [0, 0.1) is 5.82 Å². The van der Waals surface area contributed by atoms with E-state index in [1.54, 1.807) is 28.0 Å². The van der Waals surface area contributed by atoms with Crippen LogP contribution in [0.2, 0.25) is 0 Å². The van der Waals surface area contributed by atoms with Crippen molar-refractivity contribution in [2.24, 2.45) is 0 Å². The van der Waals surface area contributed by atoms with Gasteiger partial charge in [0.05, 0.1) is 5.15 Å². The lowest BCUT2D eigenvalue weighted by atomic mass is 9.77. The highest BCUT2D eigenvalue weighted by atomic mass is 127. The van der Waals surface area contributed by atoms with Crippen LogP contribution < -0.4 is 4.65 Å². The molecule has 0 spiro atoms. The zero-order valence-electron chi connectivity index (χ0n) is 11.7. The van der Waals surface area contributed by atoms with Crippen LogP contribution in [-0.4, -0.2) is 37.1 Å². The number of carbonyl (C=O) groups excluding carboxylic acids is 1. The third-order valence-electron chi connectivity index (χ3n) is 3.32. The Hall–Kier alpha value is -1.18. The zero-order chi connectivity index (χ0) is 17.4. The number of thiazole rings is 1. The minimum atomic E-state index is -1.45. The fourth-order valence-electron chi connectivity index (χ4n) is 2.24. The number of thioether (sulfide) groups is 1. The van der Waals surface area contributed by atoms with Gasteiger partial charge in [-0.15, -0.1) is 11.3 Å². The summed E-state index contributed by atoms with van der Waals surface area (Å²) in [6, 6.07) is 2.51. The number of aromatic carboxylic acids is 1. The molecule has 0 aliphatic carbocycles. The van der Waals surface area contributed by atoms with Gasteiger partial charge in [0.1, 0.15) is 22.8 Å². The summed E-state index contributed by atoms with van der Waals surface area (Å²) in [5.74, 6) is -2.51. The number of aromatic nitrogens is 1. The number of carboxylic acid groups (broad SMARTS) is 1. The van der Waals surface area contributed by atoms with Gasteiger partial charge in [-0.05, 0) is 18.1 Å². The van der Waals surface area contributed by atoms with Gasteiger partial charge in [0.15, 0.2) is 4.34 Å². The van der Waals surface area contributed by atoms with Crippen LogP contribution in [0.5, 0.6) is 5.75 Å². The summed E-state index contributed by atoms with van der Waals surface area (Å²) < 4.78 is 19.4. The van der Waals surface area contributed by atoms with Crippen molar-refractivity contribution in [3.05, 3.63) is 40.2 Å². The molecule has 3 rings (SSSR count). The van der Waals surface area contributed by atoms with Crippen molar-refractivity contribution < 1.29 is 28.8 Å². The van der Waals surface area contributed by atoms with Crippen molar-refractivity contribution in [2.45, 2.75) is 15.9 Å². The van der Waals surface area contributed by atoms with Gasteiger partial charge < -0.3 is 14.8 Å². The van der Waals surface area contributed by atoms with Gasteiger partial charge in [-0.2, -0.15) is 0 Å². The number of fused-ring (bicyclic) bond motifs is 1. The number of benzene rings is 1. The third-order valence-corrected chi connectivity index (χ3v) is 6.08. The van der Waals surface area contributed by atoms with Crippen molar-refractivity contribution >= 4 is 62.6 Å². The summed E-state index contributed by atoms with van der Waals surface area (Å²) in [6.07, 6.45) is 0.287. The van der Waals surface area contributed by atoms with E-state index in [0.717, 1.165) is 6.07 Å². The largest absolute Gasteiger partial charge is 0.537 e. The molecule has 1 aliphatic heterocycles. The summed E-state index contributed by atoms with van der Waals surface area (Å²) in [5.41, 5.74) is 0.255. The molecular formula is C13H8BFINO5S2. The number of hydrogen-bond donors (Lipinski definition) is 2. The van der Waals surface area contributed by atoms with Crippen LogP contribution >= 0.6 is 45.7 Å². The van der Waals surface area contributed by atoms with Crippen LogP contribution in [0.1, 0.15) is 26.4 Å². The molecule has 1 aliphatic rings. The Labute approximate surface area is 157 Å². The standard InChI is InChI=1S/C13H8BFINO5S2/c15-6-2-1-5-3-8(14(21)22-10(5)9(6)12(19)20)24-13-17-7(4-23-13)11(16)18/h1-2,4,8,21H,3H2,(H,19,20)/t8-/m0/s1. The van der Waals surface area contributed by atoms with Gasteiger partial charge >= 0.3 is 13.1 Å². The van der Waals surface area contributed by atoms with Crippen LogP contribution in [-0.2, 0) is 6.42 Å². The Bertz CT molecular complexity index is 833. The van der Waals surface area contributed by atoms with Gasteiger partial charge in [0, 0.05) is 28.0 Å². The molecule has 0 bridgehead atoms. The molecule has 124 valence electrons. The molecule has 1 atom stereocenters. The van der Waals surface area contributed by atoms with E-state index in [2.05, 4.69) is 4.98 Å². The molecule has 2 heterocycles. The number of carboxylic acids is 1. The number of hydrogen-bond acceptors (Lipinski definition) is 7. The summed E-state index contributed by atoms with van der Waals surface area (Å²) in [6.45, 7) is 0. The molecular weight excluding hydrogens is 471 g/mol. The topological polar surface area (TPSA) is 96.7 Å². The van der Waals surface area contributed by atoms with E-state index in [4.69, 9.17) is 9.76 Å². The lowest BCUT2D eigenvalue weighted by molar-refractivity contribution is 0.0689. The predicted molar refractivity (Wildman–Crippen MR) is 95.8 cm³/mol. The first-order valence-electron chi connectivity index (χ1n) is 6.58. The molecule has 0 saturated carbocycles. The van der Waals surface area contributed by atoms with Gasteiger partial charge in [0.2, 0.25) is 3.79 Å². The van der Waals surface area contributed by atoms with Crippen molar-refractivity contribution in [2.75, 3.05) is 0 Å². The summed E-state index contributed by atoms with van der Waals surface area (Å²) >= 11 is 4.14. The summed E-state index contributed by atoms with van der Waals surface area (Å²) in [5, 5.41) is 20.4. The first kappa shape index (κ1) is 17.6. The van der Waals surface area contributed by atoms with Crippen LogP contribution in [0.3, 0.4) is 0 Å². The highest BCUT2D eigenvalue weighted by molar-refractivity contribution is 14.1. The SMILES string of the molecule is O=C(I)c1csc(S[C@H]2Cc3ccc(F)c(C(=O)O)c3OB2O)n1. The van der Waals surface area contributed by atoms with E-state index >= 15 is 0 Å². The van der Waals surface area contributed by atoms with Crippen molar-refractivity contribution in [3.63, 3.8) is 0 Å². The quantitative estimate of drug-likeness (QED) is 0.396. The molecule has 24 heavy (non-hydrogen) atoms. The predicted octanol–water partition coefficient (Wildman–Crippen LogP) is 2.67. The lowest BCUT2D eigenvalue weighted by Crippen LogP contribution is -2.41.